The fraction of sp³-hybridized carbons (Fsp3) is 0.846. The summed E-state index contributed by atoms with van der Waals surface area (Å²) < 4.78 is 0. The Labute approximate surface area is 124 Å². The molecule has 0 saturated carbocycles. The van der Waals surface area contributed by atoms with Gasteiger partial charge in [-0.05, 0) is 44.4 Å². The number of hydrogen-bond acceptors (Lipinski definition) is 4. The van der Waals surface area contributed by atoms with E-state index in [0.29, 0.717) is 12.2 Å². The summed E-state index contributed by atoms with van der Waals surface area (Å²) in [5.41, 5.74) is 0. The molecule has 6 nitrogen and oxygen atoms in total. The molecule has 0 aromatic heterocycles. The Bertz CT molecular complexity index is 328. The maximum atomic E-state index is 11.9. The van der Waals surface area contributed by atoms with Gasteiger partial charge in [-0.15, -0.1) is 0 Å². The summed E-state index contributed by atoms with van der Waals surface area (Å²) >= 11 is 1.57. The van der Waals surface area contributed by atoms with Gasteiger partial charge < -0.3 is 20.6 Å². The van der Waals surface area contributed by atoms with Crippen LogP contribution in [-0.2, 0) is 4.79 Å². The first-order chi connectivity index (χ1) is 9.56. The van der Waals surface area contributed by atoms with Crippen molar-refractivity contribution >= 4 is 23.8 Å². The third kappa shape index (κ3) is 6.00. The molecule has 2 unspecified atom stereocenters. The van der Waals surface area contributed by atoms with Gasteiger partial charge in [0, 0.05) is 12.6 Å². The molecule has 0 bridgehead atoms. The van der Waals surface area contributed by atoms with Crippen LogP contribution >= 0.6 is 11.8 Å². The number of urea groups is 1. The molecule has 0 aromatic rings. The molecule has 2 atom stereocenters. The zero-order chi connectivity index (χ0) is 15.0. The highest BCUT2D eigenvalue weighted by molar-refractivity contribution is 7.98. The Morgan fingerprint density at radius 1 is 1.50 bits per heavy atom. The second-order valence-electron chi connectivity index (χ2n) is 5.02. The van der Waals surface area contributed by atoms with Gasteiger partial charge in [0.15, 0.2) is 0 Å². The maximum Gasteiger partial charge on any atom is 0.326 e. The molecule has 2 amide bonds. The van der Waals surface area contributed by atoms with Gasteiger partial charge in [-0.1, -0.05) is 6.92 Å². The van der Waals surface area contributed by atoms with E-state index in [1.54, 1.807) is 11.8 Å². The molecule has 1 fully saturated rings. The molecule has 7 heteroatoms. The summed E-state index contributed by atoms with van der Waals surface area (Å²) in [6.45, 7) is 4.99. The molecule has 1 aliphatic heterocycles. The number of rotatable bonds is 7. The van der Waals surface area contributed by atoms with Gasteiger partial charge in [-0.2, -0.15) is 11.8 Å². The van der Waals surface area contributed by atoms with Crippen LogP contribution in [0.1, 0.15) is 26.2 Å². The van der Waals surface area contributed by atoms with Crippen LogP contribution in [0.15, 0.2) is 0 Å². The Morgan fingerprint density at radius 2 is 2.25 bits per heavy atom. The van der Waals surface area contributed by atoms with Crippen LogP contribution in [0.2, 0.25) is 0 Å². The second kappa shape index (κ2) is 9.07. The van der Waals surface area contributed by atoms with E-state index in [-0.39, 0.29) is 12.1 Å². The normalized spacial score (nSPS) is 21.2. The highest BCUT2D eigenvalue weighted by Gasteiger charge is 2.23. The van der Waals surface area contributed by atoms with E-state index in [1.807, 2.05) is 6.26 Å². The van der Waals surface area contributed by atoms with Crippen molar-refractivity contribution in [3.8, 4) is 0 Å². The molecule has 1 heterocycles. The lowest BCUT2D eigenvalue weighted by Gasteiger charge is -2.32. The van der Waals surface area contributed by atoms with Crippen molar-refractivity contribution in [3.63, 3.8) is 0 Å². The van der Waals surface area contributed by atoms with Crippen LogP contribution in [0, 0.1) is 0 Å². The predicted molar refractivity (Wildman–Crippen MR) is 81.2 cm³/mol. The van der Waals surface area contributed by atoms with Gasteiger partial charge >= 0.3 is 12.0 Å². The molecule has 0 aliphatic carbocycles. The van der Waals surface area contributed by atoms with Crippen molar-refractivity contribution in [2.24, 2.45) is 0 Å². The molecule has 1 aliphatic rings. The Kier molecular flexibility index (Phi) is 7.76. The summed E-state index contributed by atoms with van der Waals surface area (Å²) in [7, 11) is 0. The molecule has 0 radical (unpaired) electrons. The number of hydrogen-bond donors (Lipinski definition) is 3. The van der Waals surface area contributed by atoms with Crippen LogP contribution in [-0.4, -0.2) is 65.7 Å². The number of nitrogens with one attached hydrogen (secondary N) is 2. The molecule has 1 rings (SSSR count). The van der Waals surface area contributed by atoms with Crippen LogP contribution in [0.5, 0.6) is 0 Å². The average molecular weight is 303 g/mol. The molecular weight excluding hydrogens is 278 g/mol. The van der Waals surface area contributed by atoms with E-state index >= 15 is 0 Å². The second-order valence-corrected chi connectivity index (χ2v) is 6.01. The topological polar surface area (TPSA) is 81.7 Å². The third-order valence-corrected chi connectivity index (χ3v) is 4.15. The fourth-order valence-electron chi connectivity index (χ4n) is 2.34. The van der Waals surface area contributed by atoms with Crippen molar-refractivity contribution in [1.29, 1.82) is 0 Å². The number of amides is 2. The summed E-state index contributed by atoms with van der Waals surface area (Å²) in [6.07, 6.45) is 4.37. The van der Waals surface area contributed by atoms with Gasteiger partial charge in [-0.3, -0.25) is 0 Å². The lowest BCUT2D eigenvalue weighted by atomic mass is 10.1. The molecule has 20 heavy (non-hydrogen) atoms. The number of carbonyl (C=O) groups excluding carboxylic acids is 1. The van der Waals surface area contributed by atoms with Gasteiger partial charge in [0.05, 0.1) is 0 Å². The standard InChI is InChI=1S/C13H25N3O3S/c1-3-16-7-4-5-10(9-16)14-13(19)15-11(12(17)18)6-8-20-2/h10-11H,3-9H2,1-2H3,(H,17,18)(H2,14,15,19). The van der Waals surface area contributed by atoms with E-state index in [1.165, 1.54) is 0 Å². The SMILES string of the molecule is CCN1CCCC(NC(=O)NC(CCSC)C(=O)O)C1. The smallest absolute Gasteiger partial charge is 0.326 e. The minimum Gasteiger partial charge on any atom is -0.480 e. The first-order valence-corrected chi connectivity index (χ1v) is 8.47. The van der Waals surface area contributed by atoms with E-state index in [2.05, 4.69) is 22.5 Å². The minimum atomic E-state index is -0.979. The van der Waals surface area contributed by atoms with E-state index in [9.17, 15) is 9.59 Å². The van der Waals surface area contributed by atoms with Gasteiger partial charge in [-0.25, -0.2) is 9.59 Å². The Balaban J connectivity index is 2.38. The number of thioether (sulfide) groups is 1. The summed E-state index contributed by atoms with van der Waals surface area (Å²) in [6, 6.07) is -1.08. The van der Waals surface area contributed by atoms with Crippen LogP contribution in [0.25, 0.3) is 0 Å². The molecular formula is C13H25N3O3S. The quantitative estimate of drug-likeness (QED) is 0.653. The number of carboxylic acids is 1. The maximum absolute atomic E-state index is 11.9. The zero-order valence-corrected chi connectivity index (χ0v) is 13.0. The number of nitrogens with zero attached hydrogens (tertiary/aromatic N) is 1. The zero-order valence-electron chi connectivity index (χ0n) is 12.2. The molecule has 1 saturated heterocycles. The van der Waals surface area contributed by atoms with Crippen molar-refractivity contribution < 1.29 is 14.7 Å². The van der Waals surface area contributed by atoms with E-state index in [0.717, 1.165) is 32.5 Å². The van der Waals surface area contributed by atoms with Crippen LogP contribution in [0.3, 0.4) is 0 Å². The fourth-order valence-corrected chi connectivity index (χ4v) is 2.81. The molecule has 0 spiro atoms. The third-order valence-electron chi connectivity index (χ3n) is 3.50. The number of likely N-dealkylation sites (tertiary alicyclic amines) is 1. The van der Waals surface area contributed by atoms with Crippen molar-refractivity contribution in [2.75, 3.05) is 31.6 Å². The Morgan fingerprint density at radius 3 is 2.85 bits per heavy atom. The van der Waals surface area contributed by atoms with Gasteiger partial charge in [0.2, 0.25) is 0 Å². The van der Waals surface area contributed by atoms with Gasteiger partial charge in [0.1, 0.15) is 6.04 Å². The number of carbonyl (C=O) groups is 2. The van der Waals surface area contributed by atoms with Crippen molar-refractivity contribution in [2.45, 2.75) is 38.3 Å². The largest absolute Gasteiger partial charge is 0.480 e. The number of likely N-dealkylation sites (N-methyl/N-ethyl adjacent to an activating group) is 1. The molecule has 3 N–H and O–H groups in total. The first-order valence-electron chi connectivity index (χ1n) is 7.08. The minimum absolute atomic E-state index is 0.110. The summed E-state index contributed by atoms with van der Waals surface area (Å²) in [4.78, 5) is 25.2. The number of piperidine rings is 1. The number of carboxylic acid groups (broad SMARTS) is 1. The van der Waals surface area contributed by atoms with Crippen LogP contribution in [0.4, 0.5) is 4.79 Å². The molecule has 0 aromatic carbocycles. The Hall–Kier alpha value is -0.950. The average Bonchev–Trinajstić information content (AvgIpc) is 2.43. The molecule has 116 valence electrons. The van der Waals surface area contributed by atoms with E-state index in [4.69, 9.17) is 5.11 Å². The lowest BCUT2D eigenvalue weighted by Crippen LogP contribution is -2.53. The van der Waals surface area contributed by atoms with Crippen molar-refractivity contribution in [1.82, 2.24) is 15.5 Å². The first kappa shape index (κ1) is 17.1. The lowest BCUT2D eigenvalue weighted by molar-refractivity contribution is -0.139. The highest BCUT2D eigenvalue weighted by atomic mass is 32.2. The summed E-state index contributed by atoms with van der Waals surface area (Å²) in [5.74, 6) is -0.266. The predicted octanol–water partition coefficient (Wildman–Crippen LogP) is 0.976. The number of aliphatic carboxylic acids is 1. The highest BCUT2D eigenvalue weighted by Crippen LogP contribution is 2.09. The van der Waals surface area contributed by atoms with E-state index < -0.39 is 12.0 Å². The monoisotopic (exact) mass is 303 g/mol. The van der Waals surface area contributed by atoms with Gasteiger partial charge in [0.25, 0.3) is 0 Å². The summed E-state index contributed by atoms with van der Waals surface area (Å²) in [5, 5.41) is 14.5. The van der Waals surface area contributed by atoms with Crippen LogP contribution < -0.4 is 10.6 Å². The van der Waals surface area contributed by atoms with Crippen molar-refractivity contribution in [3.05, 3.63) is 0 Å².